The van der Waals surface area contributed by atoms with Crippen molar-refractivity contribution in [2.45, 2.75) is 0 Å². The largest absolute Gasteiger partial charge is 0.495 e. The lowest BCUT2D eigenvalue weighted by atomic mass is 10.3. The third-order valence-electron chi connectivity index (χ3n) is 3.41. The van der Waals surface area contributed by atoms with Crippen LogP contribution < -0.4 is 20.1 Å². The lowest BCUT2D eigenvalue weighted by Gasteiger charge is -2.11. The van der Waals surface area contributed by atoms with E-state index in [2.05, 4.69) is 20.8 Å². The lowest BCUT2D eigenvalue weighted by Crippen LogP contribution is -2.32. The van der Waals surface area contributed by atoms with E-state index < -0.39 is 0 Å². The van der Waals surface area contributed by atoms with Crippen molar-refractivity contribution in [1.29, 1.82) is 0 Å². The number of ether oxygens (including phenoxy) is 2. The van der Waals surface area contributed by atoms with Gasteiger partial charge >= 0.3 is 6.03 Å². The highest BCUT2D eigenvalue weighted by atomic mass is 32.1. The van der Waals surface area contributed by atoms with E-state index in [0.29, 0.717) is 23.9 Å². The molecule has 0 radical (unpaired) electrons. The zero-order valence-electron chi connectivity index (χ0n) is 14.1. The number of nitrogens with one attached hydrogen (secondary N) is 2. The number of nitrogens with zero attached hydrogens (tertiary/aromatic N) is 2. The number of thiophene rings is 1. The number of carbonyl (C=O) groups excluding carboxylic acids is 1. The summed E-state index contributed by atoms with van der Waals surface area (Å²) in [5.74, 6) is 1.01. The summed E-state index contributed by atoms with van der Waals surface area (Å²) in [7, 11) is 1.55. The molecule has 0 unspecified atom stereocenters. The number of amides is 2. The van der Waals surface area contributed by atoms with Crippen LogP contribution in [-0.4, -0.2) is 36.5 Å². The second-order valence-electron chi connectivity index (χ2n) is 5.16. The summed E-state index contributed by atoms with van der Waals surface area (Å²) >= 11 is 1.60. The molecule has 3 aromatic rings. The summed E-state index contributed by atoms with van der Waals surface area (Å²) in [5.41, 5.74) is 1.41. The van der Waals surface area contributed by atoms with Crippen LogP contribution in [-0.2, 0) is 0 Å². The minimum Gasteiger partial charge on any atom is -0.495 e. The van der Waals surface area contributed by atoms with Gasteiger partial charge in [-0.1, -0.05) is 18.2 Å². The third kappa shape index (κ3) is 4.70. The Morgan fingerprint density at radius 2 is 2.00 bits per heavy atom. The number of carbonyl (C=O) groups is 1. The fourth-order valence-electron chi connectivity index (χ4n) is 2.19. The Morgan fingerprint density at radius 3 is 2.73 bits per heavy atom. The van der Waals surface area contributed by atoms with Crippen LogP contribution in [0.15, 0.2) is 53.9 Å². The Kier molecular flexibility index (Phi) is 6.00. The molecule has 134 valence electrons. The molecule has 8 heteroatoms. The Bertz CT molecular complexity index is 838. The summed E-state index contributed by atoms with van der Waals surface area (Å²) in [5, 5.41) is 15.6. The predicted molar refractivity (Wildman–Crippen MR) is 101 cm³/mol. The molecular weight excluding hydrogens is 352 g/mol. The average molecular weight is 370 g/mol. The normalized spacial score (nSPS) is 10.2. The smallest absolute Gasteiger partial charge is 0.319 e. The first-order chi connectivity index (χ1) is 12.8. The van der Waals surface area contributed by atoms with E-state index in [9.17, 15) is 4.79 Å². The quantitative estimate of drug-likeness (QED) is 0.623. The molecule has 0 bridgehead atoms. The third-order valence-corrected chi connectivity index (χ3v) is 4.30. The fourth-order valence-corrected chi connectivity index (χ4v) is 2.88. The summed E-state index contributed by atoms with van der Waals surface area (Å²) in [6.07, 6.45) is 0. The van der Waals surface area contributed by atoms with Gasteiger partial charge < -0.3 is 20.1 Å². The first-order valence-electron chi connectivity index (χ1n) is 7.94. The first kappa shape index (κ1) is 17.7. The molecule has 0 saturated heterocycles. The lowest BCUT2D eigenvalue weighted by molar-refractivity contribution is 0.246. The van der Waals surface area contributed by atoms with Crippen molar-refractivity contribution in [2.24, 2.45) is 0 Å². The molecule has 0 spiro atoms. The van der Waals surface area contributed by atoms with Crippen molar-refractivity contribution >= 4 is 23.1 Å². The number of para-hydroxylation sites is 2. The monoisotopic (exact) mass is 370 g/mol. The number of hydrogen-bond donors (Lipinski definition) is 2. The van der Waals surface area contributed by atoms with Gasteiger partial charge in [-0.2, -0.15) is 0 Å². The molecule has 0 aliphatic heterocycles. The minimum atomic E-state index is -0.336. The van der Waals surface area contributed by atoms with E-state index >= 15 is 0 Å². The molecule has 0 fully saturated rings. The molecule has 0 aliphatic carbocycles. The highest BCUT2D eigenvalue weighted by molar-refractivity contribution is 7.13. The van der Waals surface area contributed by atoms with Gasteiger partial charge in [0.2, 0.25) is 5.88 Å². The molecule has 0 saturated carbocycles. The molecule has 26 heavy (non-hydrogen) atoms. The average Bonchev–Trinajstić information content (AvgIpc) is 3.21. The number of urea groups is 1. The number of hydrogen-bond acceptors (Lipinski definition) is 6. The van der Waals surface area contributed by atoms with Crippen molar-refractivity contribution in [3.8, 4) is 22.2 Å². The van der Waals surface area contributed by atoms with Crippen molar-refractivity contribution in [2.75, 3.05) is 25.6 Å². The SMILES string of the molecule is COc1ccccc1NC(=O)NCCOc1ccc(-c2cccs2)nn1. The fraction of sp³-hybridized carbons (Fsp3) is 0.167. The van der Waals surface area contributed by atoms with Crippen molar-refractivity contribution < 1.29 is 14.3 Å². The van der Waals surface area contributed by atoms with Crippen LogP contribution in [0.3, 0.4) is 0 Å². The summed E-state index contributed by atoms with van der Waals surface area (Å²) in [4.78, 5) is 13.0. The van der Waals surface area contributed by atoms with Crippen LogP contribution in [0.1, 0.15) is 0 Å². The van der Waals surface area contributed by atoms with Crippen LogP contribution in [0.2, 0.25) is 0 Å². The maximum absolute atomic E-state index is 11.9. The number of rotatable bonds is 7. The van der Waals surface area contributed by atoms with E-state index in [1.807, 2.05) is 35.7 Å². The maximum atomic E-state index is 11.9. The van der Waals surface area contributed by atoms with E-state index in [1.54, 1.807) is 36.6 Å². The van der Waals surface area contributed by atoms with Gasteiger partial charge in [0.15, 0.2) is 0 Å². The van der Waals surface area contributed by atoms with E-state index in [1.165, 1.54) is 0 Å². The number of anilines is 1. The van der Waals surface area contributed by atoms with Gasteiger partial charge in [0.25, 0.3) is 0 Å². The molecule has 0 aliphatic rings. The highest BCUT2D eigenvalue weighted by Gasteiger charge is 2.06. The molecule has 3 rings (SSSR count). The standard InChI is InChI=1S/C18H18N4O3S/c1-24-15-6-3-2-5-13(15)20-18(23)19-10-11-25-17-9-8-14(21-22-17)16-7-4-12-26-16/h2-9,12H,10-11H2,1H3,(H2,19,20,23). The van der Waals surface area contributed by atoms with Gasteiger partial charge in [-0.05, 0) is 29.6 Å². The zero-order chi connectivity index (χ0) is 18.2. The number of benzene rings is 1. The van der Waals surface area contributed by atoms with Crippen LogP contribution in [0.25, 0.3) is 10.6 Å². The van der Waals surface area contributed by atoms with Gasteiger partial charge in [0.1, 0.15) is 18.1 Å². The van der Waals surface area contributed by atoms with E-state index in [-0.39, 0.29) is 12.6 Å². The van der Waals surface area contributed by atoms with Crippen LogP contribution in [0.4, 0.5) is 10.5 Å². The van der Waals surface area contributed by atoms with Crippen LogP contribution in [0, 0.1) is 0 Å². The molecular formula is C18H18N4O3S. The molecule has 2 aromatic heterocycles. The maximum Gasteiger partial charge on any atom is 0.319 e. The Balaban J connectivity index is 1.42. The van der Waals surface area contributed by atoms with E-state index in [4.69, 9.17) is 9.47 Å². The Morgan fingerprint density at radius 1 is 1.12 bits per heavy atom. The molecule has 0 atom stereocenters. The second-order valence-corrected chi connectivity index (χ2v) is 6.11. The summed E-state index contributed by atoms with van der Waals surface area (Å²) < 4.78 is 10.7. The molecule has 1 aromatic carbocycles. The van der Waals surface area contributed by atoms with Gasteiger partial charge in [0.05, 0.1) is 24.2 Å². The summed E-state index contributed by atoms with van der Waals surface area (Å²) in [6, 6.07) is 14.4. The Labute approximate surface area is 155 Å². The number of methoxy groups -OCH3 is 1. The van der Waals surface area contributed by atoms with Gasteiger partial charge in [-0.25, -0.2) is 4.79 Å². The van der Waals surface area contributed by atoms with Gasteiger partial charge in [0, 0.05) is 6.07 Å². The molecule has 2 N–H and O–H groups in total. The minimum absolute atomic E-state index is 0.284. The summed E-state index contributed by atoms with van der Waals surface area (Å²) in [6.45, 7) is 0.613. The zero-order valence-corrected chi connectivity index (χ0v) is 15.0. The van der Waals surface area contributed by atoms with Crippen molar-refractivity contribution in [1.82, 2.24) is 15.5 Å². The van der Waals surface area contributed by atoms with E-state index in [0.717, 1.165) is 10.6 Å². The second kappa shape index (κ2) is 8.82. The predicted octanol–water partition coefficient (Wildman–Crippen LogP) is 3.41. The highest BCUT2D eigenvalue weighted by Crippen LogP contribution is 2.23. The molecule has 2 amide bonds. The van der Waals surface area contributed by atoms with Crippen molar-refractivity contribution in [3.63, 3.8) is 0 Å². The van der Waals surface area contributed by atoms with Gasteiger partial charge in [-0.3, -0.25) is 0 Å². The number of aromatic nitrogens is 2. The first-order valence-corrected chi connectivity index (χ1v) is 8.82. The van der Waals surface area contributed by atoms with Crippen LogP contribution in [0.5, 0.6) is 11.6 Å². The topological polar surface area (TPSA) is 85.4 Å². The van der Waals surface area contributed by atoms with Crippen LogP contribution >= 0.6 is 11.3 Å². The van der Waals surface area contributed by atoms with Gasteiger partial charge in [-0.15, -0.1) is 21.5 Å². The molecule has 7 nitrogen and oxygen atoms in total. The van der Waals surface area contributed by atoms with Crippen molar-refractivity contribution in [3.05, 3.63) is 53.9 Å². The molecule has 2 heterocycles. The Hall–Kier alpha value is -3.13.